The third-order valence-electron chi connectivity index (χ3n) is 8.56. The summed E-state index contributed by atoms with van der Waals surface area (Å²) in [5.74, 6) is 0.869. The zero-order chi connectivity index (χ0) is 31.2. The third kappa shape index (κ3) is 6.89. The number of hydrogen-bond acceptors (Lipinski definition) is 4. The topological polar surface area (TPSA) is 75.6 Å². The van der Waals surface area contributed by atoms with E-state index < -0.39 is 5.82 Å². The van der Waals surface area contributed by atoms with Crippen LogP contribution in [-0.4, -0.2) is 46.5 Å². The number of aliphatic hydroxyl groups is 1. The lowest BCUT2D eigenvalue weighted by Gasteiger charge is -2.34. The van der Waals surface area contributed by atoms with Crippen molar-refractivity contribution in [2.24, 2.45) is 0 Å². The Hall–Kier alpha value is -4.36. The van der Waals surface area contributed by atoms with Crippen LogP contribution >= 0.6 is 0 Å². The number of benzene rings is 3. The average Bonchev–Trinajstić information content (AvgIpc) is 3.47. The number of piperidine rings is 1. The third-order valence-corrected chi connectivity index (χ3v) is 8.56. The molecule has 5 rings (SSSR count). The van der Waals surface area contributed by atoms with E-state index in [0.29, 0.717) is 35.5 Å². The summed E-state index contributed by atoms with van der Waals surface area (Å²) in [6, 6.07) is 22.5. The highest BCUT2D eigenvalue weighted by Crippen LogP contribution is 2.33. The first-order valence-electron chi connectivity index (χ1n) is 15.6. The van der Waals surface area contributed by atoms with Crippen molar-refractivity contribution in [2.45, 2.75) is 58.4 Å². The molecule has 6 nitrogen and oxygen atoms in total. The van der Waals surface area contributed by atoms with E-state index >= 15 is 0 Å². The second-order valence-corrected chi connectivity index (χ2v) is 11.8. The molecule has 3 N–H and O–H groups in total. The first-order valence-corrected chi connectivity index (χ1v) is 15.6. The van der Waals surface area contributed by atoms with Gasteiger partial charge in [0, 0.05) is 29.2 Å². The Labute approximate surface area is 260 Å². The molecule has 0 amide bonds. The molecule has 44 heavy (non-hydrogen) atoms. The highest BCUT2D eigenvalue weighted by atomic mass is 19.1. The van der Waals surface area contributed by atoms with Gasteiger partial charge in [-0.25, -0.2) is 4.39 Å². The van der Waals surface area contributed by atoms with Crippen molar-refractivity contribution in [3.63, 3.8) is 0 Å². The minimum Gasteiger partial charge on any atom is -0.505 e. The molecule has 1 aliphatic heterocycles. The number of amidine groups is 1. The van der Waals surface area contributed by atoms with E-state index in [4.69, 9.17) is 10.1 Å². The largest absolute Gasteiger partial charge is 0.505 e. The molecule has 3 aromatic carbocycles. The Morgan fingerprint density at radius 1 is 1.11 bits per heavy atom. The first kappa shape index (κ1) is 31.1. The van der Waals surface area contributed by atoms with Gasteiger partial charge in [-0.2, -0.15) is 0 Å². The minimum atomic E-state index is -0.431. The Bertz CT molecular complexity index is 1630. The van der Waals surface area contributed by atoms with Gasteiger partial charge in [-0.1, -0.05) is 44.2 Å². The van der Waals surface area contributed by atoms with Gasteiger partial charge in [0.05, 0.1) is 11.3 Å². The fraction of sp³-hybridized carbons (Fsp3) is 0.324. The lowest BCUT2D eigenvalue weighted by atomic mass is 9.88. The number of hydrogen-bond donors (Lipinski definition) is 3. The van der Waals surface area contributed by atoms with Crippen LogP contribution in [0, 0.1) is 11.2 Å². The number of likely N-dealkylation sites (tertiary alicyclic amines) is 1. The van der Waals surface area contributed by atoms with Crippen LogP contribution in [0.1, 0.15) is 63.6 Å². The predicted octanol–water partition coefficient (Wildman–Crippen LogP) is 9.43. The minimum absolute atomic E-state index is 0.0194. The second-order valence-electron chi connectivity index (χ2n) is 11.8. The Morgan fingerprint density at radius 3 is 2.50 bits per heavy atom. The van der Waals surface area contributed by atoms with E-state index in [9.17, 15) is 9.50 Å². The molecule has 1 saturated heterocycles. The van der Waals surface area contributed by atoms with Crippen LogP contribution in [0.15, 0.2) is 91.0 Å². The maximum atomic E-state index is 14.1. The molecule has 4 aromatic rings. The predicted molar refractivity (Wildman–Crippen MR) is 180 cm³/mol. The van der Waals surface area contributed by atoms with Gasteiger partial charge in [0.15, 0.2) is 11.6 Å². The van der Waals surface area contributed by atoms with Crippen LogP contribution in [0.2, 0.25) is 0 Å². The molecule has 1 aromatic heterocycles. The van der Waals surface area contributed by atoms with E-state index in [1.165, 1.54) is 17.7 Å². The summed E-state index contributed by atoms with van der Waals surface area (Å²) >= 11 is 0. The molecule has 0 aliphatic carbocycles. The molecule has 0 bridgehead atoms. The van der Waals surface area contributed by atoms with Crippen LogP contribution < -0.4 is 9.64 Å². The number of H-pyrrole nitrogens is 1. The number of para-hydroxylation sites is 1. The number of ether oxygens (including phenoxy) is 1. The summed E-state index contributed by atoms with van der Waals surface area (Å²) in [6.07, 6.45) is 5.62. The monoisotopic (exact) mass is 594 g/mol. The average molecular weight is 595 g/mol. The molecule has 0 unspecified atom stereocenters. The molecule has 7 heteroatoms. The Balaban J connectivity index is 1.38. The Morgan fingerprint density at radius 2 is 1.84 bits per heavy atom. The summed E-state index contributed by atoms with van der Waals surface area (Å²) in [6.45, 7) is 13.4. The molecular weight excluding hydrogens is 551 g/mol. The number of unbranched alkanes of at least 4 members (excludes halogenated alkanes) is 1. The number of fused-ring (bicyclic) bond motifs is 1. The number of rotatable bonds is 11. The van der Waals surface area contributed by atoms with Gasteiger partial charge in [0.1, 0.15) is 17.3 Å². The van der Waals surface area contributed by atoms with Crippen LogP contribution in [0.4, 0.5) is 10.1 Å². The van der Waals surface area contributed by atoms with Crippen molar-refractivity contribution >= 4 is 28.2 Å². The van der Waals surface area contributed by atoms with Crippen molar-refractivity contribution in [1.29, 1.82) is 5.41 Å². The number of aliphatic hydroxyl groups excluding tert-OH is 1. The first-order chi connectivity index (χ1) is 21.3. The van der Waals surface area contributed by atoms with Crippen LogP contribution in [0.25, 0.3) is 16.7 Å². The normalized spacial score (nSPS) is 14.9. The van der Waals surface area contributed by atoms with Gasteiger partial charge in [-0.05, 0) is 112 Å². The van der Waals surface area contributed by atoms with Gasteiger partial charge in [-0.15, -0.1) is 0 Å². The molecule has 0 radical (unpaired) electrons. The number of nitrogens with one attached hydrogen (secondary N) is 2. The van der Waals surface area contributed by atoms with E-state index in [2.05, 4.69) is 55.4 Å². The summed E-state index contributed by atoms with van der Waals surface area (Å²) in [5, 5.41) is 21.6. The molecule has 1 aliphatic rings. The standard InChI is InChI=1S/C37H43FN4O2/c1-5-7-20-42(29-13-15-30(16-14-29)44-35-11-9-8-10-32(35)38)37(39)31(6-2)36(43)34-24-28-23-27(12-17-33(28)40-34)26-18-21-41(22-19-26)25(3)4/h6,8-17,23-26,39-40,43H,2,5,7,18-22H2,1,3-4H3. The van der Waals surface area contributed by atoms with E-state index in [1.54, 1.807) is 30.3 Å². The summed E-state index contributed by atoms with van der Waals surface area (Å²) in [7, 11) is 0. The Kier molecular flexibility index (Phi) is 9.85. The molecule has 230 valence electrons. The number of halogens is 1. The zero-order valence-electron chi connectivity index (χ0n) is 25.9. The van der Waals surface area contributed by atoms with Crippen molar-refractivity contribution in [3.8, 4) is 11.5 Å². The number of aromatic amines is 1. The lowest BCUT2D eigenvalue weighted by molar-refractivity contribution is 0.172. The smallest absolute Gasteiger partial charge is 0.165 e. The number of nitrogens with zero attached hydrogens (tertiary/aromatic N) is 2. The SMILES string of the molecule is C=CC(C(=N)N(CCCC)c1ccc(Oc2ccccc2F)cc1)=C(O)c1cc2cc(C3CCN(C(C)C)CC3)ccc2[nH]1. The number of anilines is 1. The summed E-state index contributed by atoms with van der Waals surface area (Å²) in [5.41, 5.74) is 3.93. The van der Waals surface area contributed by atoms with Crippen molar-refractivity contribution < 1.29 is 14.2 Å². The molecule has 0 saturated carbocycles. The van der Waals surface area contributed by atoms with E-state index in [-0.39, 0.29) is 17.3 Å². The van der Waals surface area contributed by atoms with Gasteiger partial charge in [-0.3, -0.25) is 5.41 Å². The zero-order valence-corrected chi connectivity index (χ0v) is 25.9. The second kappa shape index (κ2) is 14.0. The van der Waals surface area contributed by atoms with E-state index in [1.807, 2.05) is 23.1 Å². The van der Waals surface area contributed by atoms with E-state index in [0.717, 1.165) is 55.4 Å². The maximum absolute atomic E-state index is 14.1. The van der Waals surface area contributed by atoms with Crippen molar-refractivity contribution in [1.82, 2.24) is 9.88 Å². The van der Waals surface area contributed by atoms with Gasteiger partial charge < -0.3 is 24.6 Å². The fourth-order valence-corrected chi connectivity index (χ4v) is 5.91. The summed E-state index contributed by atoms with van der Waals surface area (Å²) < 4.78 is 19.8. The molecule has 0 spiro atoms. The van der Waals surface area contributed by atoms with Crippen LogP contribution in [0.5, 0.6) is 11.5 Å². The fourth-order valence-electron chi connectivity index (χ4n) is 5.91. The summed E-state index contributed by atoms with van der Waals surface area (Å²) in [4.78, 5) is 7.74. The van der Waals surface area contributed by atoms with Crippen molar-refractivity contribution in [2.75, 3.05) is 24.5 Å². The maximum Gasteiger partial charge on any atom is 0.165 e. The quantitative estimate of drug-likeness (QED) is 0.0700. The van der Waals surface area contributed by atoms with Crippen molar-refractivity contribution in [3.05, 3.63) is 108 Å². The molecule has 2 heterocycles. The molecule has 0 atom stereocenters. The lowest BCUT2D eigenvalue weighted by Crippen LogP contribution is -2.37. The number of aromatic nitrogens is 1. The van der Waals surface area contributed by atoms with Gasteiger partial charge >= 0.3 is 0 Å². The van der Waals surface area contributed by atoms with Crippen LogP contribution in [-0.2, 0) is 0 Å². The van der Waals surface area contributed by atoms with Gasteiger partial charge in [0.2, 0.25) is 0 Å². The van der Waals surface area contributed by atoms with Crippen LogP contribution in [0.3, 0.4) is 0 Å². The highest BCUT2D eigenvalue weighted by Gasteiger charge is 2.23. The molecule has 1 fully saturated rings. The highest BCUT2D eigenvalue weighted by molar-refractivity contribution is 6.13. The molecular formula is C37H43FN4O2. The van der Waals surface area contributed by atoms with Gasteiger partial charge in [0.25, 0.3) is 0 Å².